The highest BCUT2D eigenvalue weighted by Gasteiger charge is 2.21. The van der Waals surface area contributed by atoms with Gasteiger partial charge in [-0.25, -0.2) is 9.97 Å². The first-order valence-electron chi connectivity index (χ1n) is 8.96. The van der Waals surface area contributed by atoms with Gasteiger partial charge >= 0.3 is 0 Å². The van der Waals surface area contributed by atoms with E-state index < -0.39 is 0 Å². The molecule has 0 aliphatic heterocycles. The van der Waals surface area contributed by atoms with Crippen molar-refractivity contribution in [3.63, 3.8) is 0 Å². The molecule has 0 spiro atoms. The topological polar surface area (TPSA) is 94.1 Å². The fourth-order valence-corrected chi connectivity index (χ4v) is 2.86. The van der Waals surface area contributed by atoms with Crippen LogP contribution in [0, 0.1) is 0 Å². The normalized spacial score (nSPS) is 10.9. The summed E-state index contributed by atoms with van der Waals surface area (Å²) >= 11 is 0. The van der Waals surface area contributed by atoms with Crippen LogP contribution in [0.1, 0.15) is 30.4 Å². The van der Waals surface area contributed by atoms with E-state index in [4.69, 9.17) is 5.73 Å². The lowest BCUT2D eigenvalue weighted by Gasteiger charge is -2.16. The molecular weight excluding hydrogens is 354 g/mol. The van der Waals surface area contributed by atoms with Gasteiger partial charge in [0.25, 0.3) is 11.5 Å². The van der Waals surface area contributed by atoms with E-state index >= 15 is 0 Å². The summed E-state index contributed by atoms with van der Waals surface area (Å²) in [5, 5.41) is 0. The third kappa shape index (κ3) is 3.64. The van der Waals surface area contributed by atoms with Gasteiger partial charge in [-0.15, -0.1) is 0 Å². The average Bonchev–Trinajstić information content (AvgIpc) is 2.68. The van der Waals surface area contributed by atoms with E-state index in [1.807, 2.05) is 44.2 Å². The molecule has 2 N–H and O–H groups in total. The molecule has 7 nitrogen and oxygen atoms in total. The van der Waals surface area contributed by atoms with Gasteiger partial charge in [-0.3, -0.25) is 9.59 Å². The largest absolute Gasteiger partial charge is 0.382 e. The number of carbonyl (C=O) groups is 1. The first-order chi connectivity index (χ1) is 13.3. The van der Waals surface area contributed by atoms with Crippen molar-refractivity contribution >= 4 is 11.7 Å². The van der Waals surface area contributed by atoms with Gasteiger partial charge in [0, 0.05) is 43.5 Å². The Morgan fingerprint density at radius 2 is 1.64 bits per heavy atom. The van der Waals surface area contributed by atoms with Crippen LogP contribution in [0.15, 0.2) is 53.5 Å². The number of carbonyl (C=O) groups excluding carboxylic acids is 1. The Bertz CT molecular complexity index is 1070. The second kappa shape index (κ2) is 7.64. The molecule has 0 radical (unpaired) electrons. The Hall–Kier alpha value is -3.48. The van der Waals surface area contributed by atoms with Crippen LogP contribution >= 0.6 is 0 Å². The number of benzene rings is 1. The molecule has 0 aliphatic rings. The van der Waals surface area contributed by atoms with Crippen molar-refractivity contribution in [3.05, 3.63) is 64.7 Å². The second-order valence-electron chi connectivity index (χ2n) is 6.98. The van der Waals surface area contributed by atoms with Crippen molar-refractivity contribution in [3.8, 4) is 22.5 Å². The van der Waals surface area contributed by atoms with Crippen molar-refractivity contribution in [2.75, 3.05) is 19.8 Å². The maximum atomic E-state index is 12.5. The molecule has 0 saturated carbocycles. The van der Waals surface area contributed by atoms with Gasteiger partial charge in [0.15, 0.2) is 11.5 Å². The zero-order valence-electron chi connectivity index (χ0n) is 16.4. The summed E-state index contributed by atoms with van der Waals surface area (Å²) in [5.41, 5.74) is 8.62. The fourth-order valence-electron chi connectivity index (χ4n) is 2.86. The number of anilines is 1. The number of rotatable bonds is 4. The van der Waals surface area contributed by atoms with Crippen molar-refractivity contribution in [1.29, 1.82) is 0 Å². The van der Waals surface area contributed by atoms with Crippen molar-refractivity contribution in [2.24, 2.45) is 0 Å². The van der Waals surface area contributed by atoms with Gasteiger partial charge in [0.05, 0.1) is 11.4 Å². The minimum absolute atomic E-state index is 0.0164. The highest BCUT2D eigenvalue weighted by atomic mass is 16.2. The fraction of sp³-hybridized carbons (Fsp3) is 0.238. The molecule has 2 aromatic heterocycles. The maximum Gasteiger partial charge on any atom is 0.275 e. The molecule has 7 heteroatoms. The highest BCUT2D eigenvalue weighted by molar-refractivity contribution is 5.97. The highest BCUT2D eigenvalue weighted by Crippen LogP contribution is 2.30. The third-order valence-electron chi connectivity index (χ3n) is 4.35. The zero-order chi connectivity index (χ0) is 20.4. The van der Waals surface area contributed by atoms with Crippen LogP contribution in [0.4, 0.5) is 5.82 Å². The summed E-state index contributed by atoms with van der Waals surface area (Å²) in [6.45, 7) is 3.86. The second-order valence-corrected chi connectivity index (χ2v) is 6.98. The van der Waals surface area contributed by atoms with E-state index in [0.29, 0.717) is 17.0 Å². The van der Waals surface area contributed by atoms with Gasteiger partial charge in [-0.05, 0) is 19.9 Å². The van der Waals surface area contributed by atoms with Gasteiger partial charge in [0.2, 0.25) is 0 Å². The molecule has 1 amide bonds. The van der Waals surface area contributed by atoms with E-state index in [1.54, 1.807) is 30.9 Å². The minimum atomic E-state index is -0.331. The Kier molecular flexibility index (Phi) is 5.26. The molecule has 0 fully saturated rings. The lowest BCUT2D eigenvalue weighted by molar-refractivity contribution is 0.0823. The lowest BCUT2D eigenvalue weighted by Crippen LogP contribution is -2.25. The van der Waals surface area contributed by atoms with Crippen LogP contribution in [0.25, 0.3) is 22.5 Å². The SMILES string of the molecule is CC(C)n1cc(-c2nc(C(=O)N(C)C)c(N)nc2-c2ccccc2)ccc1=O. The number of hydrogen-bond donors (Lipinski definition) is 1. The summed E-state index contributed by atoms with van der Waals surface area (Å²) in [7, 11) is 3.26. The maximum absolute atomic E-state index is 12.5. The molecule has 144 valence electrons. The number of aromatic nitrogens is 3. The standard InChI is InChI=1S/C21H23N5O2/c1-13(2)26-12-15(10-11-16(26)27)18-17(14-8-6-5-7-9-14)24-20(22)19(23-18)21(28)25(3)4/h5-13H,1-4H3,(H2,22,24). The summed E-state index contributed by atoms with van der Waals surface area (Å²) < 4.78 is 1.62. The van der Waals surface area contributed by atoms with E-state index in [2.05, 4.69) is 9.97 Å². The van der Waals surface area contributed by atoms with Gasteiger partial charge in [-0.2, -0.15) is 0 Å². The Morgan fingerprint density at radius 1 is 1.00 bits per heavy atom. The van der Waals surface area contributed by atoms with Crippen molar-refractivity contribution < 1.29 is 4.79 Å². The van der Waals surface area contributed by atoms with Crippen molar-refractivity contribution in [1.82, 2.24) is 19.4 Å². The number of pyridine rings is 1. The van der Waals surface area contributed by atoms with Gasteiger partial charge in [0.1, 0.15) is 0 Å². The summed E-state index contributed by atoms with van der Waals surface area (Å²) in [4.78, 5) is 35.2. The van der Waals surface area contributed by atoms with E-state index in [9.17, 15) is 9.59 Å². The van der Waals surface area contributed by atoms with Crippen LogP contribution in [-0.2, 0) is 0 Å². The molecule has 2 heterocycles. The van der Waals surface area contributed by atoms with Crippen LogP contribution in [-0.4, -0.2) is 39.4 Å². The van der Waals surface area contributed by atoms with E-state index in [0.717, 1.165) is 5.56 Å². The minimum Gasteiger partial charge on any atom is -0.382 e. The van der Waals surface area contributed by atoms with Crippen LogP contribution in [0.2, 0.25) is 0 Å². The molecule has 28 heavy (non-hydrogen) atoms. The number of amides is 1. The van der Waals surface area contributed by atoms with Gasteiger partial charge in [-0.1, -0.05) is 30.3 Å². The monoisotopic (exact) mass is 377 g/mol. The molecule has 3 aromatic rings. The van der Waals surface area contributed by atoms with E-state index in [1.165, 1.54) is 11.0 Å². The predicted molar refractivity (Wildman–Crippen MR) is 110 cm³/mol. The van der Waals surface area contributed by atoms with E-state index in [-0.39, 0.29) is 29.0 Å². The number of hydrogen-bond acceptors (Lipinski definition) is 5. The molecule has 0 saturated heterocycles. The molecular formula is C21H23N5O2. The molecule has 0 bridgehead atoms. The smallest absolute Gasteiger partial charge is 0.275 e. The number of nitrogens with zero attached hydrogens (tertiary/aromatic N) is 4. The molecule has 0 atom stereocenters. The quantitative estimate of drug-likeness (QED) is 0.754. The van der Waals surface area contributed by atoms with Crippen molar-refractivity contribution in [2.45, 2.75) is 19.9 Å². The molecule has 0 aliphatic carbocycles. The summed E-state index contributed by atoms with van der Waals surface area (Å²) in [5.74, 6) is -0.262. The predicted octanol–water partition coefficient (Wildman–Crippen LogP) is 2.84. The van der Waals surface area contributed by atoms with Crippen LogP contribution in [0.5, 0.6) is 0 Å². The Labute approximate surface area is 163 Å². The Balaban J connectivity index is 2.31. The van der Waals surface area contributed by atoms with Gasteiger partial charge < -0.3 is 15.2 Å². The number of nitrogens with two attached hydrogens (primary N) is 1. The zero-order valence-corrected chi connectivity index (χ0v) is 16.4. The van der Waals surface area contributed by atoms with Crippen LogP contribution < -0.4 is 11.3 Å². The lowest BCUT2D eigenvalue weighted by atomic mass is 10.0. The Morgan fingerprint density at radius 3 is 2.25 bits per heavy atom. The molecule has 1 aromatic carbocycles. The number of nitrogen functional groups attached to an aromatic ring is 1. The average molecular weight is 377 g/mol. The molecule has 0 unspecified atom stereocenters. The molecule has 3 rings (SSSR count). The third-order valence-corrected chi connectivity index (χ3v) is 4.35. The summed E-state index contributed by atoms with van der Waals surface area (Å²) in [6, 6.07) is 12.7. The first kappa shape index (κ1) is 19.3. The summed E-state index contributed by atoms with van der Waals surface area (Å²) in [6.07, 6.45) is 1.74. The van der Waals surface area contributed by atoms with Crippen LogP contribution in [0.3, 0.4) is 0 Å². The first-order valence-corrected chi connectivity index (χ1v) is 8.96.